The number of thiophene rings is 1. The largest absolute Gasteiger partial charge is 0.383 e. The highest BCUT2D eigenvalue weighted by molar-refractivity contribution is 7.10. The first-order valence-corrected chi connectivity index (χ1v) is 12.5. The molecule has 0 spiro atoms. The molecular formula is C24H27ClN4O4S. The van der Waals surface area contributed by atoms with Gasteiger partial charge < -0.3 is 19.1 Å². The molecule has 2 amide bonds. The fraction of sp³-hybridized carbons (Fsp3) is 0.417. The fourth-order valence-electron chi connectivity index (χ4n) is 4.00. The third kappa shape index (κ3) is 6.02. The van der Waals surface area contributed by atoms with E-state index in [4.69, 9.17) is 20.9 Å². The zero-order chi connectivity index (χ0) is 23.9. The summed E-state index contributed by atoms with van der Waals surface area (Å²) >= 11 is 7.50. The van der Waals surface area contributed by atoms with Gasteiger partial charge >= 0.3 is 0 Å². The Morgan fingerprint density at radius 1 is 1.26 bits per heavy atom. The van der Waals surface area contributed by atoms with E-state index in [1.165, 1.54) is 11.3 Å². The Morgan fingerprint density at radius 3 is 2.82 bits per heavy atom. The fourth-order valence-corrected chi connectivity index (χ4v) is 4.82. The van der Waals surface area contributed by atoms with Crippen molar-refractivity contribution in [3.05, 3.63) is 57.6 Å². The van der Waals surface area contributed by atoms with Crippen molar-refractivity contribution in [3.63, 3.8) is 0 Å². The first-order valence-electron chi connectivity index (χ1n) is 11.2. The number of benzene rings is 1. The van der Waals surface area contributed by atoms with Crippen LogP contribution in [-0.2, 0) is 20.7 Å². The molecule has 1 aliphatic heterocycles. The van der Waals surface area contributed by atoms with Gasteiger partial charge in [-0.2, -0.15) is 4.98 Å². The molecule has 180 valence electrons. The van der Waals surface area contributed by atoms with Gasteiger partial charge in [-0.1, -0.05) is 22.8 Å². The number of amides is 2. The van der Waals surface area contributed by atoms with Crippen LogP contribution in [0.1, 0.15) is 36.1 Å². The molecule has 1 aliphatic rings. The molecule has 2 aromatic heterocycles. The molecule has 4 rings (SSSR count). The standard InChI is InChI=1S/C24H27ClN4O4S/c1-32-13-12-28(21(30)15-19-5-4-14-34-19)16-22(31)29-11-3-2-6-20(29)24-26-23(27-33-24)17-7-9-18(25)10-8-17/h4-5,7-10,14,20H,2-3,6,11-13,15-16H2,1H3. The number of hydrogen-bond acceptors (Lipinski definition) is 7. The summed E-state index contributed by atoms with van der Waals surface area (Å²) in [5.74, 6) is 0.639. The van der Waals surface area contributed by atoms with Gasteiger partial charge in [-0.3, -0.25) is 9.59 Å². The lowest BCUT2D eigenvalue weighted by Gasteiger charge is -2.35. The number of rotatable bonds is 9. The maximum atomic E-state index is 13.4. The van der Waals surface area contributed by atoms with Crippen LogP contribution >= 0.6 is 22.9 Å². The van der Waals surface area contributed by atoms with E-state index in [1.54, 1.807) is 29.0 Å². The van der Waals surface area contributed by atoms with Gasteiger partial charge in [0.05, 0.1) is 19.6 Å². The van der Waals surface area contributed by atoms with Crippen LogP contribution in [0.15, 0.2) is 46.3 Å². The van der Waals surface area contributed by atoms with Crippen LogP contribution in [0.4, 0.5) is 0 Å². The van der Waals surface area contributed by atoms with E-state index in [1.807, 2.05) is 29.6 Å². The zero-order valence-corrected chi connectivity index (χ0v) is 20.6. The molecule has 8 nitrogen and oxygen atoms in total. The number of aromatic nitrogens is 2. The summed E-state index contributed by atoms with van der Waals surface area (Å²) in [6.45, 7) is 1.29. The van der Waals surface area contributed by atoms with Gasteiger partial charge in [0.15, 0.2) is 0 Å². The Morgan fingerprint density at radius 2 is 2.09 bits per heavy atom. The maximum absolute atomic E-state index is 13.4. The minimum absolute atomic E-state index is 0.0117. The minimum atomic E-state index is -0.313. The lowest BCUT2D eigenvalue weighted by molar-refractivity contribution is -0.143. The van der Waals surface area contributed by atoms with E-state index in [0.717, 1.165) is 29.7 Å². The predicted molar refractivity (Wildman–Crippen MR) is 130 cm³/mol. The first kappa shape index (κ1) is 24.4. The molecule has 0 bridgehead atoms. The predicted octanol–water partition coefficient (Wildman–Crippen LogP) is 4.22. The molecule has 0 N–H and O–H groups in total. The summed E-state index contributed by atoms with van der Waals surface area (Å²) in [5, 5.41) is 6.68. The van der Waals surface area contributed by atoms with Gasteiger partial charge in [-0.05, 0) is 55.0 Å². The van der Waals surface area contributed by atoms with Gasteiger partial charge in [0, 0.05) is 35.7 Å². The highest BCUT2D eigenvalue weighted by atomic mass is 35.5. The normalized spacial score (nSPS) is 15.9. The van der Waals surface area contributed by atoms with Crippen LogP contribution < -0.4 is 0 Å². The number of ether oxygens (including phenoxy) is 1. The second-order valence-electron chi connectivity index (χ2n) is 8.13. The van der Waals surface area contributed by atoms with Crippen molar-refractivity contribution >= 4 is 34.8 Å². The topological polar surface area (TPSA) is 88.8 Å². The number of halogens is 1. The second-order valence-corrected chi connectivity index (χ2v) is 9.59. The molecule has 3 aromatic rings. The Kier molecular flexibility index (Phi) is 8.31. The quantitative estimate of drug-likeness (QED) is 0.435. The average molecular weight is 503 g/mol. The Balaban J connectivity index is 1.47. The number of carbonyl (C=O) groups is 2. The summed E-state index contributed by atoms with van der Waals surface area (Å²) in [5.41, 5.74) is 0.790. The van der Waals surface area contributed by atoms with E-state index in [0.29, 0.717) is 36.4 Å². The number of nitrogens with zero attached hydrogens (tertiary/aromatic N) is 4. The van der Waals surface area contributed by atoms with Crippen molar-refractivity contribution in [2.45, 2.75) is 31.7 Å². The van der Waals surface area contributed by atoms with Crippen LogP contribution in [0.2, 0.25) is 5.02 Å². The SMILES string of the molecule is COCCN(CC(=O)N1CCCCC1c1nc(-c2ccc(Cl)cc2)no1)C(=O)Cc1cccs1. The number of methoxy groups -OCH3 is 1. The van der Waals surface area contributed by atoms with Crippen molar-refractivity contribution in [3.8, 4) is 11.4 Å². The zero-order valence-electron chi connectivity index (χ0n) is 19.0. The Hall–Kier alpha value is -2.75. The summed E-state index contributed by atoms with van der Waals surface area (Å²) in [6.07, 6.45) is 2.85. The summed E-state index contributed by atoms with van der Waals surface area (Å²) in [7, 11) is 1.58. The van der Waals surface area contributed by atoms with Gasteiger partial charge in [-0.15, -0.1) is 11.3 Å². The van der Waals surface area contributed by atoms with Crippen molar-refractivity contribution in [2.24, 2.45) is 0 Å². The smallest absolute Gasteiger partial charge is 0.249 e. The van der Waals surface area contributed by atoms with E-state index in [9.17, 15) is 9.59 Å². The first-order chi connectivity index (χ1) is 16.5. The molecule has 1 unspecified atom stereocenters. The summed E-state index contributed by atoms with van der Waals surface area (Å²) in [6, 6.07) is 10.7. The van der Waals surface area contributed by atoms with E-state index < -0.39 is 0 Å². The van der Waals surface area contributed by atoms with Crippen LogP contribution in [0.25, 0.3) is 11.4 Å². The molecule has 10 heteroatoms. The van der Waals surface area contributed by atoms with Crippen LogP contribution in [0, 0.1) is 0 Å². The molecule has 1 atom stereocenters. The van der Waals surface area contributed by atoms with Crippen LogP contribution in [0.3, 0.4) is 0 Å². The molecule has 0 radical (unpaired) electrons. The van der Waals surface area contributed by atoms with Gasteiger partial charge in [-0.25, -0.2) is 0 Å². The molecule has 0 saturated carbocycles. The van der Waals surface area contributed by atoms with Crippen LogP contribution in [0.5, 0.6) is 0 Å². The van der Waals surface area contributed by atoms with Crippen LogP contribution in [-0.4, -0.2) is 65.1 Å². The van der Waals surface area contributed by atoms with Crippen molar-refractivity contribution in [1.29, 1.82) is 0 Å². The number of piperidine rings is 1. The lowest BCUT2D eigenvalue weighted by atomic mass is 10.0. The number of hydrogen-bond donors (Lipinski definition) is 0. The van der Waals surface area contributed by atoms with Gasteiger partial charge in [0.2, 0.25) is 23.5 Å². The van der Waals surface area contributed by atoms with Crippen molar-refractivity contribution in [2.75, 3.05) is 33.4 Å². The van der Waals surface area contributed by atoms with E-state index in [2.05, 4.69) is 10.1 Å². The Labute approximate surface area is 207 Å². The third-order valence-electron chi connectivity index (χ3n) is 5.80. The van der Waals surface area contributed by atoms with E-state index >= 15 is 0 Å². The molecule has 34 heavy (non-hydrogen) atoms. The second kappa shape index (κ2) is 11.6. The van der Waals surface area contributed by atoms with E-state index in [-0.39, 0.29) is 30.8 Å². The molecule has 1 saturated heterocycles. The molecule has 1 aromatic carbocycles. The van der Waals surface area contributed by atoms with Gasteiger partial charge in [0.1, 0.15) is 6.04 Å². The summed E-state index contributed by atoms with van der Waals surface area (Å²) in [4.78, 5) is 35.2. The average Bonchev–Trinajstić information content (AvgIpc) is 3.54. The highest BCUT2D eigenvalue weighted by Gasteiger charge is 2.33. The lowest BCUT2D eigenvalue weighted by Crippen LogP contribution is -2.47. The number of carbonyl (C=O) groups excluding carboxylic acids is 2. The molecule has 1 fully saturated rings. The van der Waals surface area contributed by atoms with Crippen molar-refractivity contribution in [1.82, 2.24) is 19.9 Å². The Bertz CT molecular complexity index is 1090. The van der Waals surface area contributed by atoms with Gasteiger partial charge in [0.25, 0.3) is 0 Å². The molecule has 0 aliphatic carbocycles. The molecular weight excluding hydrogens is 476 g/mol. The monoisotopic (exact) mass is 502 g/mol. The third-order valence-corrected chi connectivity index (χ3v) is 6.93. The maximum Gasteiger partial charge on any atom is 0.249 e. The minimum Gasteiger partial charge on any atom is -0.383 e. The highest BCUT2D eigenvalue weighted by Crippen LogP contribution is 2.31. The number of likely N-dealkylation sites (tertiary alicyclic amines) is 1. The van der Waals surface area contributed by atoms with Crippen molar-refractivity contribution < 1.29 is 18.8 Å². The summed E-state index contributed by atoms with van der Waals surface area (Å²) < 4.78 is 10.7. The molecule has 3 heterocycles.